The van der Waals surface area contributed by atoms with Crippen LogP contribution in [0.2, 0.25) is 0 Å². The Morgan fingerprint density at radius 3 is 2.78 bits per heavy atom. The molecule has 2 N–H and O–H groups in total. The standard InChI is InChI=1S/C11H14N4O2S/c1-3-4-5-6-15-8-7(18-11(15)17)9(16)14(2)10(12)13-8/h4-5H,3,6H2,1-2H3,(H2,12,13)/b5-4+. The maximum Gasteiger partial charge on any atom is 0.309 e. The Morgan fingerprint density at radius 1 is 1.39 bits per heavy atom. The minimum absolute atomic E-state index is 0.110. The largest absolute Gasteiger partial charge is 0.369 e. The average molecular weight is 266 g/mol. The lowest BCUT2D eigenvalue weighted by Gasteiger charge is -2.03. The lowest BCUT2D eigenvalue weighted by molar-refractivity contribution is 0.806. The second-order valence-electron chi connectivity index (χ2n) is 3.85. The fourth-order valence-corrected chi connectivity index (χ4v) is 2.51. The smallest absolute Gasteiger partial charge is 0.309 e. The predicted molar refractivity (Wildman–Crippen MR) is 73.0 cm³/mol. The van der Waals surface area contributed by atoms with E-state index in [1.165, 1.54) is 16.2 Å². The van der Waals surface area contributed by atoms with Crippen molar-refractivity contribution < 1.29 is 0 Å². The van der Waals surface area contributed by atoms with Crippen LogP contribution in [0.4, 0.5) is 5.95 Å². The first-order chi connectivity index (χ1) is 8.56. The molecule has 96 valence electrons. The molecule has 0 saturated carbocycles. The van der Waals surface area contributed by atoms with Gasteiger partial charge >= 0.3 is 4.87 Å². The summed E-state index contributed by atoms with van der Waals surface area (Å²) < 4.78 is 3.05. The number of allylic oxidation sites excluding steroid dienone is 2. The molecule has 0 aliphatic carbocycles. The van der Waals surface area contributed by atoms with Crippen LogP contribution < -0.4 is 16.2 Å². The summed E-state index contributed by atoms with van der Waals surface area (Å²) in [6.45, 7) is 2.42. The summed E-state index contributed by atoms with van der Waals surface area (Å²) in [5.41, 5.74) is 5.73. The normalized spacial score (nSPS) is 11.7. The number of nitrogen functional groups attached to an aromatic ring is 1. The SMILES string of the molecule is CC/C=C/Cn1c(=O)sc2c(=O)n(C)c(N)nc21. The summed E-state index contributed by atoms with van der Waals surface area (Å²) in [7, 11) is 1.54. The quantitative estimate of drug-likeness (QED) is 0.829. The van der Waals surface area contributed by atoms with E-state index in [0.717, 1.165) is 17.8 Å². The van der Waals surface area contributed by atoms with Gasteiger partial charge in [-0.1, -0.05) is 30.4 Å². The third-order valence-corrected chi connectivity index (χ3v) is 3.58. The Labute approximate surface area is 107 Å². The van der Waals surface area contributed by atoms with Gasteiger partial charge in [0.25, 0.3) is 5.56 Å². The van der Waals surface area contributed by atoms with Crippen molar-refractivity contribution in [2.24, 2.45) is 7.05 Å². The van der Waals surface area contributed by atoms with E-state index in [9.17, 15) is 9.59 Å². The number of rotatable bonds is 3. The van der Waals surface area contributed by atoms with Crippen LogP contribution in [-0.2, 0) is 13.6 Å². The monoisotopic (exact) mass is 266 g/mol. The Morgan fingerprint density at radius 2 is 2.11 bits per heavy atom. The third kappa shape index (κ3) is 1.97. The van der Waals surface area contributed by atoms with Crippen LogP contribution in [0, 0.1) is 0 Å². The van der Waals surface area contributed by atoms with Crippen LogP contribution in [0.3, 0.4) is 0 Å². The van der Waals surface area contributed by atoms with Crippen molar-refractivity contribution in [3.8, 4) is 0 Å². The first-order valence-corrected chi connectivity index (χ1v) is 6.38. The van der Waals surface area contributed by atoms with E-state index in [1.54, 1.807) is 0 Å². The first kappa shape index (κ1) is 12.6. The Kier molecular flexibility index (Phi) is 3.33. The topological polar surface area (TPSA) is 82.9 Å². The second-order valence-corrected chi connectivity index (χ2v) is 4.81. The molecule has 0 unspecified atom stereocenters. The van der Waals surface area contributed by atoms with Gasteiger partial charge in [0, 0.05) is 13.6 Å². The molecule has 0 radical (unpaired) electrons. The number of nitrogens with zero attached hydrogens (tertiary/aromatic N) is 3. The van der Waals surface area contributed by atoms with Crippen molar-refractivity contribution in [3.63, 3.8) is 0 Å². The molecule has 0 aliphatic heterocycles. The molecular weight excluding hydrogens is 252 g/mol. The van der Waals surface area contributed by atoms with Crippen molar-refractivity contribution in [1.29, 1.82) is 0 Å². The van der Waals surface area contributed by atoms with Gasteiger partial charge in [-0.25, -0.2) is 0 Å². The predicted octanol–water partition coefficient (Wildman–Crippen LogP) is 0.705. The van der Waals surface area contributed by atoms with Crippen molar-refractivity contribution >= 4 is 27.6 Å². The molecule has 0 amide bonds. The van der Waals surface area contributed by atoms with Gasteiger partial charge in [0.05, 0.1) is 0 Å². The zero-order valence-corrected chi connectivity index (χ0v) is 11.0. The molecule has 0 aromatic carbocycles. The minimum atomic E-state index is -0.280. The molecule has 2 heterocycles. The highest BCUT2D eigenvalue weighted by Gasteiger charge is 2.13. The lowest BCUT2D eigenvalue weighted by Crippen LogP contribution is -2.21. The number of anilines is 1. The molecule has 0 atom stereocenters. The number of nitrogens with two attached hydrogens (primary N) is 1. The Bertz CT molecular complexity index is 723. The highest BCUT2D eigenvalue weighted by molar-refractivity contribution is 7.16. The van der Waals surface area contributed by atoms with Gasteiger partial charge in [-0.2, -0.15) is 4.98 Å². The van der Waals surface area contributed by atoms with Gasteiger partial charge in [-0.05, 0) is 6.42 Å². The molecule has 2 aromatic heterocycles. The highest BCUT2D eigenvalue weighted by atomic mass is 32.1. The maximum atomic E-state index is 11.9. The van der Waals surface area contributed by atoms with Crippen LogP contribution in [0.5, 0.6) is 0 Å². The number of aromatic nitrogens is 3. The summed E-state index contributed by atoms with van der Waals surface area (Å²) in [4.78, 5) is 27.7. The van der Waals surface area contributed by atoms with E-state index in [-0.39, 0.29) is 16.4 Å². The zero-order valence-electron chi connectivity index (χ0n) is 10.2. The number of hydrogen-bond acceptors (Lipinski definition) is 5. The van der Waals surface area contributed by atoms with Crippen LogP contribution in [-0.4, -0.2) is 14.1 Å². The van der Waals surface area contributed by atoms with Crippen molar-refractivity contribution in [2.75, 3.05) is 5.73 Å². The maximum absolute atomic E-state index is 11.9. The Hall–Kier alpha value is -1.89. The van der Waals surface area contributed by atoms with Crippen molar-refractivity contribution in [2.45, 2.75) is 19.9 Å². The molecule has 6 nitrogen and oxygen atoms in total. The van der Waals surface area contributed by atoms with Crippen molar-refractivity contribution in [1.82, 2.24) is 14.1 Å². The Balaban J connectivity index is 2.68. The molecule has 2 rings (SSSR count). The van der Waals surface area contributed by atoms with E-state index in [2.05, 4.69) is 4.98 Å². The van der Waals surface area contributed by atoms with Gasteiger partial charge < -0.3 is 5.73 Å². The summed E-state index contributed by atoms with van der Waals surface area (Å²) >= 11 is 0.908. The molecule has 0 aliphatic rings. The molecule has 0 fully saturated rings. The number of thiazole rings is 1. The second kappa shape index (κ2) is 4.77. The number of fused-ring (bicyclic) bond motifs is 1. The molecule has 2 aromatic rings. The molecular formula is C11H14N4O2S. The van der Waals surface area contributed by atoms with Crippen LogP contribution >= 0.6 is 11.3 Å². The van der Waals surface area contributed by atoms with Gasteiger partial charge in [0.1, 0.15) is 4.70 Å². The summed E-state index contributed by atoms with van der Waals surface area (Å²) in [5.74, 6) is 0.110. The molecule has 18 heavy (non-hydrogen) atoms. The number of hydrogen-bond donors (Lipinski definition) is 1. The summed E-state index contributed by atoms with van der Waals surface area (Å²) in [6.07, 6.45) is 4.73. The molecule has 0 spiro atoms. The van der Waals surface area contributed by atoms with Gasteiger partial charge in [0.2, 0.25) is 5.95 Å². The van der Waals surface area contributed by atoms with Crippen LogP contribution in [0.15, 0.2) is 21.7 Å². The van der Waals surface area contributed by atoms with Gasteiger partial charge in [-0.3, -0.25) is 18.7 Å². The summed E-state index contributed by atoms with van der Waals surface area (Å²) in [6, 6.07) is 0. The van der Waals surface area contributed by atoms with Crippen LogP contribution in [0.25, 0.3) is 10.3 Å². The van der Waals surface area contributed by atoms with E-state index < -0.39 is 0 Å². The lowest BCUT2D eigenvalue weighted by atomic mass is 10.4. The zero-order chi connectivity index (χ0) is 13.3. The fraction of sp³-hybridized carbons (Fsp3) is 0.364. The van der Waals surface area contributed by atoms with E-state index in [0.29, 0.717) is 16.9 Å². The van der Waals surface area contributed by atoms with Crippen molar-refractivity contribution in [3.05, 3.63) is 32.2 Å². The molecule has 0 saturated heterocycles. The van der Waals surface area contributed by atoms with Gasteiger partial charge in [-0.15, -0.1) is 0 Å². The van der Waals surface area contributed by atoms with Crippen LogP contribution in [0.1, 0.15) is 13.3 Å². The van der Waals surface area contributed by atoms with E-state index >= 15 is 0 Å². The fourth-order valence-electron chi connectivity index (χ4n) is 1.59. The summed E-state index contributed by atoms with van der Waals surface area (Å²) in [5, 5.41) is 0. The van der Waals surface area contributed by atoms with E-state index in [1.807, 2.05) is 19.1 Å². The average Bonchev–Trinajstić information content (AvgIpc) is 2.65. The van der Waals surface area contributed by atoms with E-state index in [4.69, 9.17) is 5.73 Å². The molecule has 7 heteroatoms. The third-order valence-electron chi connectivity index (χ3n) is 2.62. The molecule has 0 bridgehead atoms. The highest BCUT2D eigenvalue weighted by Crippen LogP contribution is 2.12. The minimum Gasteiger partial charge on any atom is -0.369 e. The van der Waals surface area contributed by atoms with Gasteiger partial charge in [0.15, 0.2) is 5.65 Å². The first-order valence-electron chi connectivity index (χ1n) is 5.57.